The van der Waals surface area contributed by atoms with Crippen LogP contribution in [0, 0.1) is 11.6 Å². The standard InChI is InChI=1S/C16H15ClF2O2/c1-16(20,12-4-3-5-13(18)15(12)19)9-10-8-11(17)6-7-14(10)21-2/h3-8,20H,9H2,1-2H3. The lowest BCUT2D eigenvalue weighted by molar-refractivity contribution is 0.0524. The Morgan fingerprint density at radius 3 is 2.62 bits per heavy atom. The van der Waals surface area contributed by atoms with E-state index in [0.717, 1.165) is 6.07 Å². The van der Waals surface area contributed by atoms with Crippen LogP contribution in [0.5, 0.6) is 5.75 Å². The minimum absolute atomic E-state index is 0.0388. The third-order valence-electron chi connectivity index (χ3n) is 3.31. The molecule has 1 N–H and O–H groups in total. The van der Waals surface area contributed by atoms with E-state index < -0.39 is 17.2 Å². The van der Waals surface area contributed by atoms with Gasteiger partial charge in [0.25, 0.3) is 0 Å². The molecule has 5 heteroatoms. The van der Waals surface area contributed by atoms with Gasteiger partial charge in [-0.2, -0.15) is 0 Å². The summed E-state index contributed by atoms with van der Waals surface area (Å²) in [5.74, 6) is -1.52. The molecule has 0 aliphatic rings. The van der Waals surface area contributed by atoms with E-state index in [1.54, 1.807) is 18.2 Å². The molecule has 2 aromatic rings. The molecule has 0 amide bonds. The van der Waals surface area contributed by atoms with E-state index in [2.05, 4.69) is 0 Å². The van der Waals surface area contributed by atoms with Crippen molar-refractivity contribution in [3.05, 3.63) is 64.2 Å². The summed E-state index contributed by atoms with van der Waals surface area (Å²) in [4.78, 5) is 0. The second kappa shape index (κ2) is 6.00. The fourth-order valence-corrected chi connectivity index (χ4v) is 2.47. The van der Waals surface area contributed by atoms with Crippen molar-refractivity contribution in [2.24, 2.45) is 0 Å². The van der Waals surface area contributed by atoms with Crippen molar-refractivity contribution in [2.75, 3.05) is 7.11 Å². The monoisotopic (exact) mass is 312 g/mol. The summed E-state index contributed by atoms with van der Waals surface area (Å²) in [6.45, 7) is 1.42. The highest BCUT2D eigenvalue weighted by molar-refractivity contribution is 6.30. The van der Waals surface area contributed by atoms with Gasteiger partial charge in [0.1, 0.15) is 5.75 Å². The number of benzene rings is 2. The molecule has 21 heavy (non-hydrogen) atoms. The Morgan fingerprint density at radius 2 is 1.95 bits per heavy atom. The van der Waals surface area contributed by atoms with Gasteiger partial charge in [-0.05, 0) is 36.8 Å². The van der Waals surface area contributed by atoms with Gasteiger partial charge in [0, 0.05) is 17.0 Å². The number of methoxy groups -OCH3 is 1. The van der Waals surface area contributed by atoms with Crippen LogP contribution in [0.2, 0.25) is 5.02 Å². The average molecular weight is 313 g/mol. The van der Waals surface area contributed by atoms with Crippen LogP contribution in [0.3, 0.4) is 0 Å². The highest BCUT2D eigenvalue weighted by Crippen LogP contribution is 2.33. The molecule has 0 bridgehead atoms. The SMILES string of the molecule is COc1ccc(Cl)cc1CC(C)(O)c1cccc(F)c1F. The number of ether oxygens (including phenoxy) is 1. The minimum Gasteiger partial charge on any atom is -0.496 e. The molecular weight excluding hydrogens is 298 g/mol. The van der Waals surface area contributed by atoms with E-state index in [4.69, 9.17) is 16.3 Å². The lowest BCUT2D eigenvalue weighted by Gasteiger charge is -2.25. The number of aliphatic hydroxyl groups is 1. The van der Waals surface area contributed by atoms with Crippen LogP contribution < -0.4 is 4.74 Å². The molecule has 0 radical (unpaired) electrons. The Balaban J connectivity index is 2.41. The molecule has 0 aromatic heterocycles. The number of hydrogen-bond acceptors (Lipinski definition) is 2. The zero-order chi connectivity index (χ0) is 15.6. The summed E-state index contributed by atoms with van der Waals surface area (Å²) in [6, 6.07) is 8.67. The summed E-state index contributed by atoms with van der Waals surface area (Å²) in [6.07, 6.45) is 0.0388. The quantitative estimate of drug-likeness (QED) is 0.922. The van der Waals surface area contributed by atoms with Crippen LogP contribution in [-0.2, 0) is 12.0 Å². The Hall–Kier alpha value is -1.65. The molecule has 0 aliphatic heterocycles. The molecule has 0 saturated heterocycles. The molecule has 1 unspecified atom stereocenters. The van der Waals surface area contributed by atoms with E-state index in [1.807, 2.05) is 0 Å². The van der Waals surface area contributed by atoms with Crippen LogP contribution in [0.4, 0.5) is 8.78 Å². The van der Waals surface area contributed by atoms with Crippen LogP contribution in [0.25, 0.3) is 0 Å². The third-order valence-corrected chi connectivity index (χ3v) is 3.54. The third kappa shape index (κ3) is 3.34. The van der Waals surface area contributed by atoms with Gasteiger partial charge < -0.3 is 9.84 Å². The van der Waals surface area contributed by atoms with Crippen molar-refractivity contribution in [3.8, 4) is 5.75 Å². The smallest absolute Gasteiger partial charge is 0.164 e. The molecule has 0 aliphatic carbocycles. The van der Waals surface area contributed by atoms with E-state index >= 15 is 0 Å². The second-order valence-corrected chi connectivity index (χ2v) is 5.44. The molecule has 1 atom stereocenters. The fraction of sp³-hybridized carbons (Fsp3) is 0.250. The van der Waals surface area contributed by atoms with Crippen molar-refractivity contribution < 1.29 is 18.6 Å². The first-order chi connectivity index (χ1) is 9.85. The minimum atomic E-state index is -1.59. The maximum absolute atomic E-state index is 13.9. The number of hydrogen-bond donors (Lipinski definition) is 1. The van der Waals surface area contributed by atoms with Gasteiger partial charge >= 0.3 is 0 Å². The molecule has 2 rings (SSSR count). The molecular formula is C16H15ClF2O2. The van der Waals surface area contributed by atoms with Crippen LogP contribution in [-0.4, -0.2) is 12.2 Å². The maximum Gasteiger partial charge on any atom is 0.164 e. The zero-order valence-corrected chi connectivity index (χ0v) is 12.4. The van der Waals surface area contributed by atoms with Gasteiger partial charge in [-0.15, -0.1) is 0 Å². The van der Waals surface area contributed by atoms with Gasteiger partial charge in [-0.25, -0.2) is 8.78 Å². The fourth-order valence-electron chi connectivity index (χ4n) is 2.27. The first-order valence-electron chi connectivity index (χ1n) is 6.34. The zero-order valence-electron chi connectivity index (χ0n) is 11.7. The van der Waals surface area contributed by atoms with Crippen LogP contribution >= 0.6 is 11.6 Å². The Bertz CT molecular complexity index is 657. The lowest BCUT2D eigenvalue weighted by Crippen LogP contribution is -2.26. The summed E-state index contributed by atoms with van der Waals surface area (Å²) >= 11 is 5.93. The highest BCUT2D eigenvalue weighted by Gasteiger charge is 2.29. The average Bonchev–Trinajstić information content (AvgIpc) is 2.41. The number of rotatable bonds is 4. The molecule has 0 fully saturated rings. The summed E-state index contributed by atoms with van der Waals surface area (Å²) in [5, 5.41) is 11.0. The summed E-state index contributed by atoms with van der Waals surface area (Å²) < 4.78 is 32.4. The first-order valence-corrected chi connectivity index (χ1v) is 6.72. The van der Waals surface area contributed by atoms with Crippen molar-refractivity contribution in [1.82, 2.24) is 0 Å². The van der Waals surface area contributed by atoms with Crippen LogP contribution in [0.15, 0.2) is 36.4 Å². The van der Waals surface area contributed by atoms with Crippen LogP contribution in [0.1, 0.15) is 18.1 Å². The normalized spacial score (nSPS) is 13.8. The molecule has 0 heterocycles. The van der Waals surface area contributed by atoms with Gasteiger partial charge in [0.2, 0.25) is 0 Å². The molecule has 0 saturated carbocycles. The van der Waals surface area contributed by atoms with E-state index in [9.17, 15) is 13.9 Å². The van der Waals surface area contributed by atoms with Gasteiger partial charge in [-0.3, -0.25) is 0 Å². The van der Waals surface area contributed by atoms with Gasteiger partial charge in [0.05, 0.1) is 12.7 Å². The Morgan fingerprint density at radius 1 is 1.24 bits per heavy atom. The molecule has 0 spiro atoms. The predicted molar refractivity (Wildman–Crippen MR) is 77.6 cm³/mol. The lowest BCUT2D eigenvalue weighted by atomic mass is 9.88. The maximum atomic E-state index is 13.9. The summed E-state index contributed by atoms with van der Waals surface area (Å²) in [7, 11) is 1.49. The van der Waals surface area contributed by atoms with E-state index in [0.29, 0.717) is 16.3 Å². The molecule has 112 valence electrons. The largest absolute Gasteiger partial charge is 0.496 e. The first kappa shape index (κ1) is 15.7. The second-order valence-electron chi connectivity index (χ2n) is 5.01. The Labute approximate surface area is 126 Å². The van der Waals surface area contributed by atoms with Gasteiger partial charge in [-0.1, -0.05) is 23.7 Å². The Kier molecular flexibility index (Phi) is 4.49. The topological polar surface area (TPSA) is 29.5 Å². The predicted octanol–water partition coefficient (Wildman–Crippen LogP) is 4.08. The highest BCUT2D eigenvalue weighted by atomic mass is 35.5. The van der Waals surface area contributed by atoms with E-state index in [-0.39, 0.29) is 12.0 Å². The molecule has 2 nitrogen and oxygen atoms in total. The number of halogens is 3. The van der Waals surface area contributed by atoms with E-state index in [1.165, 1.54) is 26.2 Å². The van der Waals surface area contributed by atoms with Gasteiger partial charge in [0.15, 0.2) is 11.6 Å². The van der Waals surface area contributed by atoms with Crippen molar-refractivity contribution in [2.45, 2.75) is 18.9 Å². The van der Waals surface area contributed by atoms with Crippen molar-refractivity contribution >= 4 is 11.6 Å². The van der Waals surface area contributed by atoms with Crippen molar-refractivity contribution in [1.29, 1.82) is 0 Å². The molecule has 2 aromatic carbocycles. The summed E-state index contributed by atoms with van der Waals surface area (Å²) in [5.41, 5.74) is -1.09. The van der Waals surface area contributed by atoms with Crippen molar-refractivity contribution in [3.63, 3.8) is 0 Å².